The molecule has 8 heteroatoms. The van der Waals surface area contributed by atoms with E-state index in [0.29, 0.717) is 36.9 Å². The van der Waals surface area contributed by atoms with Crippen molar-refractivity contribution in [1.82, 2.24) is 5.43 Å². The van der Waals surface area contributed by atoms with E-state index in [1.165, 1.54) is 12.3 Å². The largest absolute Gasteiger partial charge is 0.486 e. The quantitative estimate of drug-likeness (QED) is 0.181. The van der Waals surface area contributed by atoms with E-state index in [4.69, 9.17) is 4.74 Å². The number of aliphatic hydroxyl groups is 1. The Kier molecular flexibility index (Phi) is 8.30. The van der Waals surface area contributed by atoms with E-state index in [9.17, 15) is 14.3 Å². The zero-order valence-corrected chi connectivity index (χ0v) is 22.0. The topological polar surface area (TPSA) is 70.9 Å². The zero-order chi connectivity index (χ0) is 25.5. The number of ether oxygens (including phenoxy) is 1. The molecule has 182 valence electrons. The van der Waals surface area contributed by atoms with Crippen molar-refractivity contribution in [2.75, 3.05) is 0 Å². The molecule has 0 fully saturated rings. The van der Waals surface area contributed by atoms with Crippen molar-refractivity contribution < 1.29 is 19.0 Å². The van der Waals surface area contributed by atoms with E-state index >= 15 is 0 Å². The lowest BCUT2D eigenvalue weighted by molar-refractivity contribution is -0.136. The van der Waals surface area contributed by atoms with Gasteiger partial charge < -0.3 is 9.84 Å². The first-order valence-electron chi connectivity index (χ1n) is 10.9. The first-order chi connectivity index (χ1) is 17.4. The molecular weight excluding hydrogens is 591 g/mol. The van der Waals surface area contributed by atoms with Gasteiger partial charge in [0.1, 0.15) is 18.2 Å². The Labute approximate surface area is 224 Å². The average molecular weight is 612 g/mol. The van der Waals surface area contributed by atoms with Gasteiger partial charge in [-0.3, -0.25) is 4.79 Å². The number of benzene rings is 4. The van der Waals surface area contributed by atoms with Gasteiger partial charge in [0.15, 0.2) is 5.60 Å². The highest BCUT2D eigenvalue weighted by molar-refractivity contribution is 9.11. The van der Waals surface area contributed by atoms with Crippen molar-refractivity contribution in [3.63, 3.8) is 0 Å². The fraction of sp³-hybridized carbons (Fsp3) is 0.0714. The molecule has 0 spiro atoms. The zero-order valence-electron chi connectivity index (χ0n) is 18.9. The molecule has 0 saturated heterocycles. The van der Waals surface area contributed by atoms with Crippen LogP contribution in [0.25, 0.3) is 0 Å². The molecule has 4 aromatic rings. The van der Waals surface area contributed by atoms with Crippen LogP contribution in [-0.4, -0.2) is 17.2 Å². The summed E-state index contributed by atoms with van der Waals surface area (Å²) in [5.74, 6) is -0.531. The second-order valence-electron chi connectivity index (χ2n) is 7.84. The number of carbonyl (C=O) groups is 1. The highest BCUT2D eigenvalue weighted by Crippen LogP contribution is 2.35. The van der Waals surface area contributed by atoms with Gasteiger partial charge in [-0.15, -0.1) is 0 Å². The molecule has 4 aromatic carbocycles. The minimum absolute atomic E-state index is 0.0604. The molecule has 0 aliphatic carbocycles. The number of rotatable bonds is 8. The van der Waals surface area contributed by atoms with Crippen LogP contribution in [0, 0.1) is 5.82 Å². The van der Waals surface area contributed by atoms with Crippen LogP contribution in [0.15, 0.2) is 111 Å². The van der Waals surface area contributed by atoms with E-state index in [1.54, 1.807) is 78.9 Å². The predicted molar refractivity (Wildman–Crippen MR) is 144 cm³/mol. The number of nitrogens with one attached hydrogen (secondary N) is 1. The Morgan fingerprint density at radius 2 is 1.44 bits per heavy atom. The molecule has 0 bridgehead atoms. The molecule has 0 unspecified atom stereocenters. The summed E-state index contributed by atoms with van der Waals surface area (Å²) in [5, 5.41) is 15.5. The van der Waals surface area contributed by atoms with Crippen LogP contribution < -0.4 is 10.2 Å². The van der Waals surface area contributed by atoms with Gasteiger partial charge in [-0.05, 0) is 66.7 Å². The minimum atomic E-state index is -1.93. The smallest absolute Gasteiger partial charge is 0.281 e. The maximum atomic E-state index is 13.9. The first kappa shape index (κ1) is 25.8. The number of hydrazone groups is 1. The molecule has 36 heavy (non-hydrogen) atoms. The third-order valence-electron chi connectivity index (χ3n) is 5.44. The maximum absolute atomic E-state index is 13.9. The van der Waals surface area contributed by atoms with Gasteiger partial charge in [0, 0.05) is 5.56 Å². The second kappa shape index (κ2) is 11.6. The summed E-state index contributed by atoms with van der Waals surface area (Å²) in [6.45, 7) is 0.0604. The Hall–Kier alpha value is -3.33. The van der Waals surface area contributed by atoms with Crippen molar-refractivity contribution >= 4 is 44.0 Å². The molecule has 0 heterocycles. The Balaban J connectivity index is 1.50. The molecule has 0 aliphatic rings. The number of amides is 1. The third kappa shape index (κ3) is 5.73. The first-order valence-corrected chi connectivity index (χ1v) is 12.5. The second-order valence-corrected chi connectivity index (χ2v) is 9.54. The molecular formula is C28H21Br2FN2O3. The Morgan fingerprint density at radius 3 is 2.00 bits per heavy atom. The van der Waals surface area contributed by atoms with E-state index in [2.05, 4.69) is 42.4 Å². The number of nitrogens with zero attached hydrogens (tertiary/aromatic N) is 1. The van der Waals surface area contributed by atoms with Gasteiger partial charge in [-0.2, -0.15) is 5.10 Å². The molecule has 0 atom stereocenters. The van der Waals surface area contributed by atoms with Gasteiger partial charge in [-0.25, -0.2) is 9.82 Å². The van der Waals surface area contributed by atoms with E-state index < -0.39 is 11.5 Å². The van der Waals surface area contributed by atoms with Crippen LogP contribution in [0.5, 0.6) is 5.75 Å². The number of hydrogen-bond acceptors (Lipinski definition) is 4. The average Bonchev–Trinajstić information content (AvgIpc) is 2.89. The summed E-state index contributed by atoms with van der Waals surface area (Å²) in [6, 6.07) is 27.3. The van der Waals surface area contributed by atoms with Crippen LogP contribution in [-0.2, 0) is 17.0 Å². The summed E-state index contributed by atoms with van der Waals surface area (Å²) in [7, 11) is 0. The molecule has 0 saturated carbocycles. The number of hydrogen-bond donors (Lipinski definition) is 2. The normalized spacial score (nSPS) is 11.4. The van der Waals surface area contributed by atoms with Crippen LogP contribution in [0.1, 0.15) is 22.3 Å². The van der Waals surface area contributed by atoms with Crippen molar-refractivity contribution in [3.05, 3.63) is 134 Å². The highest BCUT2D eigenvalue weighted by Gasteiger charge is 2.39. The third-order valence-corrected chi connectivity index (χ3v) is 6.62. The van der Waals surface area contributed by atoms with E-state index in [0.717, 1.165) is 0 Å². The van der Waals surface area contributed by atoms with Gasteiger partial charge >= 0.3 is 0 Å². The van der Waals surface area contributed by atoms with Gasteiger partial charge in [0.25, 0.3) is 5.91 Å². The van der Waals surface area contributed by atoms with Gasteiger partial charge in [0.05, 0.1) is 15.2 Å². The van der Waals surface area contributed by atoms with E-state index in [1.807, 2.05) is 12.1 Å². The molecule has 0 aliphatic heterocycles. The summed E-state index contributed by atoms with van der Waals surface area (Å²) in [5.41, 5.74) is 2.46. The van der Waals surface area contributed by atoms with Crippen molar-refractivity contribution in [3.8, 4) is 5.75 Å². The summed E-state index contributed by atoms with van der Waals surface area (Å²) in [4.78, 5) is 13.1. The van der Waals surface area contributed by atoms with Gasteiger partial charge in [0.2, 0.25) is 0 Å². The van der Waals surface area contributed by atoms with Crippen molar-refractivity contribution in [2.45, 2.75) is 12.2 Å². The lowest BCUT2D eigenvalue weighted by Crippen LogP contribution is -2.43. The Morgan fingerprint density at radius 1 is 0.917 bits per heavy atom. The molecule has 5 nitrogen and oxygen atoms in total. The summed E-state index contributed by atoms with van der Waals surface area (Å²) < 4.78 is 20.9. The number of halogens is 3. The van der Waals surface area contributed by atoms with Crippen LogP contribution >= 0.6 is 31.9 Å². The SMILES string of the molecule is O=C(N/N=C/c1cc(Br)c(OCc2ccccc2F)c(Br)c1)C(O)(c1ccccc1)c1ccccc1. The van der Waals surface area contributed by atoms with Crippen molar-refractivity contribution in [1.29, 1.82) is 0 Å². The standard InChI is InChI=1S/C28H21Br2FN2O3/c29-23-15-19(16-24(30)26(23)36-18-20-9-7-8-14-25(20)31)17-32-33-27(34)28(35,21-10-3-1-4-11-21)22-12-5-2-6-13-22/h1-17,35H,18H2,(H,33,34)/b32-17+. The predicted octanol–water partition coefficient (Wildman–Crippen LogP) is 6.32. The van der Waals surface area contributed by atoms with Crippen LogP contribution in [0.4, 0.5) is 4.39 Å². The minimum Gasteiger partial charge on any atom is -0.486 e. The summed E-state index contributed by atoms with van der Waals surface area (Å²) >= 11 is 6.93. The lowest BCUT2D eigenvalue weighted by Gasteiger charge is -2.27. The molecule has 0 radical (unpaired) electrons. The lowest BCUT2D eigenvalue weighted by atomic mass is 9.85. The fourth-order valence-electron chi connectivity index (χ4n) is 3.59. The Bertz CT molecular complexity index is 1320. The number of carbonyl (C=O) groups excluding carboxylic acids is 1. The van der Waals surface area contributed by atoms with Crippen LogP contribution in [0.3, 0.4) is 0 Å². The molecule has 1 amide bonds. The monoisotopic (exact) mass is 610 g/mol. The maximum Gasteiger partial charge on any atom is 0.281 e. The van der Waals surface area contributed by atoms with E-state index in [-0.39, 0.29) is 12.4 Å². The van der Waals surface area contributed by atoms with Crippen molar-refractivity contribution in [2.24, 2.45) is 5.10 Å². The highest BCUT2D eigenvalue weighted by atomic mass is 79.9. The van der Waals surface area contributed by atoms with Gasteiger partial charge in [-0.1, -0.05) is 78.9 Å². The van der Waals surface area contributed by atoms with Crippen LogP contribution in [0.2, 0.25) is 0 Å². The molecule has 2 N–H and O–H groups in total. The molecule has 0 aromatic heterocycles. The fourth-order valence-corrected chi connectivity index (χ4v) is 5.04. The molecule has 4 rings (SSSR count). The summed E-state index contributed by atoms with van der Waals surface area (Å²) in [6.07, 6.45) is 1.45.